The van der Waals surface area contributed by atoms with Crippen molar-refractivity contribution in [3.05, 3.63) is 57.8 Å². The van der Waals surface area contributed by atoms with Crippen molar-refractivity contribution in [1.82, 2.24) is 5.32 Å². The van der Waals surface area contributed by atoms with Crippen LogP contribution in [0, 0.1) is 6.92 Å². The Morgan fingerprint density at radius 1 is 1.17 bits per heavy atom. The molecule has 1 N–H and O–H groups in total. The number of aryl methyl sites for hydroxylation is 2. The number of amides is 1. The first kappa shape index (κ1) is 17.2. The summed E-state index contributed by atoms with van der Waals surface area (Å²) in [6.45, 7) is 4.03. The lowest BCUT2D eigenvalue weighted by molar-refractivity contribution is -0.154. The highest BCUT2D eigenvalue weighted by Crippen LogP contribution is 2.09. The molecule has 0 aliphatic rings. The molecule has 0 aliphatic carbocycles. The second-order valence-corrected chi connectivity index (χ2v) is 6.25. The molecule has 0 saturated carbocycles. The van der Waals surface area contributed by atoms with Gasteiger partial charge >= 0.3 is 5.97 Å². The van der Waals surface area contributed by atoms with Gasteiger partial charge in [0.15, 0.2) is 6.10 Å². The SMILES string of the molecule is Cc1ccc(CNC(=O)[C@@H](C)OC(=O)CCc2ccsc2)cc1. The minimum atomic E-state index is -0.782. The lowest BCUT2D eigenvalue weighted by Crippen LogP contribution is -2.35. The van der Waals surface area contributed by atoms with Gasteiger partial charge in [0, 0.05) is 13.0 Å². The maximum atomic E-state index is 12.0. The molecule has 2 aromatic rings. The van der Waals surface area contributed by atoms with Crippen molar-refractivity contribution in [2.24, 2.45) is 0 Å². The standard InChI is InChI=1S/C18H21NO3S/c1-13-3-5-15(6-4-13)11-19-18(21)14(2)22-17(20)8-7-16-9-10-23-12-16/h3-6,9-10,12,14H,7-8,11H2,1-2H3,(H,19,21)/t14-/m1/s1. The van der Waals surface area contributed by atoms with Gasteiger partial charge in [-0.25, -0.2) is 0 Å². The van der Waals surface area contributed by atoms with Crippen molar-refractivity contribution >= 4 is 23.2 Å². The zero-order valence-corrected chi connectivity index (χ0v) is 14.2. The first-order valence-corrected chi connectivity index (χ1v) is 8.52. The molecule has 0 radical (unpaired) electrons. The molecule has 1 heterocycles. The molecule has 0 aliphatic heterocycles. The molecule has 122 valence electrons. The van der Waals surface area contributed by atoms with Crippen molar-refractivity contribution in [1.29, 1.82) is 0 Å². The van der Waals surface area contributed by atoms with E-state index in [0.29, 0.717) is 13.0 Å². The lowest BCUT2D eigenvalue weighted by atomic mass is 10.1. The predicted molar refractivity (Wildman–Crippen MR) is 91.2 cm³/mol. The van der Waals surface area contributed by atoms with Crippen LogP contribution in [0.2, 0.25) is 0 Å². The van der Waals surface area contributed by atoms with Gasteiger partial charge in [-0.1, -0.05) is 29.8 Å². The molecule has 1 aromatic heterocycles. The molecule has 1 atom stereocenters. The van der Waals surface area contributed by atoms with Crippen molar-refractivity contribution in [3.8, 4) is 0 Å². The van der Waals surface area contributed by atoms with Gasteiger partial charge in [-0.05, 0) is 48.2 Å². The summed E-state index contributed by atoms with van der Waals surface area (Å²) in [4.78, 5) is 23.7. The Kier molecular flexibility index (Phi) is 6.35. The van der Waals surface area contributed by atoms with Crippen molar-refractivity contribution in [2.45, 2.75) is 39.3 Å². The molecule has 0 spiro atoms. The highest BCUT2D eigenvalue weighted by atomic mass is 32.1. The number of hydrogen-bond acceptors (Lipinski definition) is 4. The third kappa shape index (κ3) is 5.87. The molecule has 1 amide bonds. The maximum Gasteiger partial charge on any atom is 0.306 e. The van der Waals surface area contributed by atoms with E-state index in [-0.39, 0.29) is 18.3 Å². The summed E-state index contributed by atoms with van der Waals surface area (Å²) in [6, 6.07) is 9.90. The van der Waals surface area contributed by atoms with Crippen molar-refractivity contribution in [2.75, 3.05) is 0 Å². The third-order valence-electron chi connectivity index (χ3n) is 3.46. The average Bonchev–Trinajstić information content (AvgIpc) is 3.05. The van der Waals surface area contributed by atoms with E-state index in [1.807, 2.05) is 48.0 Å². The zero-order chi connectivity index (χ0) is 16.7. The highest BCUT2D eigenvalue weighted by molar-refractivity contribution is 7.07. The molecule has 2 rings (SSSR count). The van der Waals surface area contributed by atoms with E-state index in [9.17, 15) is 9.59 Å². The lowest BCUT2D eigenvalue weighted by Gasteiger charge is -2.13. The van der Waals surface area contributed by atoms with Gasteiger partial charge in [-0.15, -0.1) is 0 Å². The number of ether oxygens (including phenoxy) is 1. The van der Waals surface area contributed by atoms with Gasteiger partial charge < -0.3 is 10.1 Å². The Morgan fingerprint density at radius 3 is 2.57 bits per heavy atom. The Labute approximate surface area is 140 Å². The van der Waals surface area contributed by atoms with Gasteiger partial charge in [0.2, 0.25) is 0 Å². The van der Waals surface area contributed by atoms with E-state index in [4.69, 9.17) is 4.74 Å². The Balaban J connectivity index is 1.71. The summed E-state index contributed by atoms with van der Waals surface area (Å²) >= 11 is 1.60. The smallest absolute Gasteiger partial charge is 0.306 e. The second kappa shape index (κ2) is 8.48. The molecule has 4 nitrogen and oxygen atoms in total. The van der Waals surface area contributed by atoms with Crippen LogP contribution in [0.4, 0.5) is 0 Å². The second-order valence-electron chi connectivity index (χ2n) is 5.47. The van der Waals surface area contributed by atoms with Crippen molar-refractivity contribution < 1.29 is 14.3 Å². The van der Waals surface area contributed by atoms with E-state index in [0.717, 1.165) is 11.1 Å². The van der Waals surface area contributed by atoms with E-state index < -0.39 is 6.10 Å². The number of thiophene rings is 1. The van der Waals surface area contributed by atoms with Crippen LogP contribution in [0.25, 0.3) is 0 Å². The molecule has 0 unspecified atom stereocenters. The third-order valence-corrected chi connectivity index (χ3v) is 4.19. The van der Waals surface area contributed by atoms with Gasteiger partial charge in [-0.2, -0.15) is 11.3 Å². The van der Waals surface area contributed by atoms with Crippen LogP contribution in [-0.2, 0) is 27.3 Å². The van der Waals surface area contributed by atoms with E-state index >= 15 is 0 Å². The molecule has 23 heavy (non-hydrogen) atoms. The summed E-state index contributed by atoms with van der Waals surface area (Å²) in [5, 5.41) is 6.76. The normalized spacial score (nSPS) is 11.7. The molecule has 0 bridgehead atoms. The number of nitrogens with one attached hydrogen (secondary N) is 1. The Bertz CT molecular complexity index is 635. The van der Waals surface area contributed by atoms with Crippen LogP contribution in [-0.4, -0.2) is 18.0 Å². The quantitative estimate of drug-likeness (QED) is 0.793. The Hall–Kier alpha value is -2.14. The summed E-state index contributed by atoms with van der Waals surface area (Å²) in [5.74, 6) is -0.636. The molecular weight excluding hydrogens is 310 g/mol. The van der Waals surface area contributed by atoms with Crippen LogP contribution in [0.5, 0.6) is 0 Å². The number of benzene rings is 1. The summed E-state index contributed by atoms with van der Waals surface area (Å²) in [7, 11) is 0. The monoisotopic (exact) mass is 331 g/mol. The maximum absolute atomic E-state index is 12.0. The zero-order valence-electron chi connectivity index (χ0n) is 13.4. The van der Waals surface area contributed by atoms with Gasteiger partial charge in [-0.3, -0.25) is 9.59 Å². The minimum Gasteiger partial charge on any atom is -0.453 e. The number of hydrogen-bond donors (Lipinski definition) is 1. The van der Waals surface area contributed by atoms with Crippen LogP contribution in [0.15, 0.2) is 41.1 Å². The molecular formula is C18H21NO3S. The first-order valence-electron chi connectivity index (χ1n) is 7.58. The number of rotatable bonds is 7. The summed E-state index contributed by atoms with van der Waals surface area (Å²) in [5.41, 5.74) is 3.30. The van der Waals surface area contributed by atoms with E-state index in [1.165, 1.54) is 5.56 Å². The summed E-state index contributed by atoms with van der Waals surface area (Å²) < 4.78 is 5.17. The number of carbonyl (C=O) groups is 2. The minimum absolute atomic E-state index is 0.283. The van der Waals surface area contributed by atoms with Crippen molar-refractivity contribution in [3.63, 3.8) is 0 Å². The van der Waals surface area contributed by atoms with Crippen LogP contribution in [0.3, 0.4) is 0 Å². The van der Waals surface area contributed by atoms with E-state index in [2.05, 4.69) is 5.32 Å². The molecule has 1 aromatic carbocycles. The van der Waals surface area contributed by atoms with Gasteiger partial charge in [0.1, 0.15) is 0 Å². The fourth-order valence-corrected chi connectivity index (χ4v) is 2.73. The Morgan fingerprint density at radius 2 is 1.91 bits per heavy atom. The number of esters is 1. The van der Waals surface area contributed by atoms with Crippen LogP contribution in [0.1, 0.15) is 30.0 Å². The fourth-order valence-electron chi connectivity index (χ4n) is 2.03. The molecule has 0 saturated heterocycles. The topological polar surface area (TPSA) is 55.4 Å². The highest BCUT2D eigenvalue weighted by Gasteiger charge is 2.17. The van der Waals surface area contributed by atoms with Crippen LogP contribution >= 0.6 is 11.3 Å². The molecule has 0 fully saturated rings. The average molecular weight is 331 g/mol. The van der Waals surface area contributed by atoms with Gasteiger partial charge in [0.25, 0.3) is 5.91 Å². The summed E-state index contributed by atoms with van der Waals surface area (Å²) in [6.07, 6.45) is 0.141. The fraction of sp³-hybridized carbons (Fsp3) is 0.333. The first-order chi connectivity index (χ1) is 11.0. The number of carbonyl (C=O) groups excluding carboxylic acids is 2. The van der Waals surface area contributed by atoms with Crippen LogP contribution < -0.4 is 5.32 Å². The molecule has 5 heteroatoms. The van der Waals surface area contributed by atoms with E-state index in [1.54, 1.807) is 18.3 Å². The predicted octanol–water partition coefficient (Wildman–Crippen LogP) is 3.24. The largest absolute Gasteiger partial charge is 0.453 e. The van der Waals surface area contributed by atoms with Gasteiger partial charge in [0.05, 0.1) is 0 Å².